The van der Waals surface area contributed by atoms with Crippen LogP contribution < -0.4 is 11.2 Å². The van der Waals surface area contributed by atoms with Crippen LogP contribution in [0.25, 0.3) is 0 Å². The van der Waals surface area contributed by atoms with Crippen molar-refractivity contribution in [3.63, 3.8) is 0 Å². The van der Waals surface area contributed by atoms with E-state index in [1.807, 2.05) is 23.2 Å². The molecule has 29 heavy (non-hydrogen) atoms. The summed E-state index contributed by atoms with van der Waals surface area (Å²) in [5.41, 5.74) is 10.3. The Kier molecular flexibility index (Phi) is 6.52. The second kappa shape index (κ2) is 9.28. The van der Waals surface area contributed by atoms with Crippen molar-refractivity contribution in [2.75, 3.05) is 26.2 Å². The van der Waals surface area contributed by atoms with Crippen molar-refractivity contribution >= 4 is 46.3 Å². The molecule has 4 rings (SSSR count). The number of carbonyl (C=O) groups excluding carboxylic acids is 1. The Bertz CT molecular complexity index is 855. The van der Waals surface area contributed by atoms with Gasteiger partial charge in [-0.3, -0.25) is 10.2 Å². The number of thiocarbonyl (C=S) groups is 1. The first-order valence-electron chi connectivity index (χ1n) is 10.3. The van der Waals surface area contributed by atoms with Crippen molar-refractivity contribution < 1.29 is 4.79 Å². The van der Waals surface area contributed by atoms with Crippen LogP contribution in [0.15, 0.2) is 39.2 Å². The molecule has 1 aromatic carbocycles. The van der Waals surface area contributed by atoms with Gasteiger partial charge in [-0.2, -0.15) is 0 Å². The average molecular weight is 430 g/mol. The van der Waals surface area contributed by atoms with E-state index in [1.54, 1.807) is 6.20 Å². The zero-order chi connectivity index (χ0) is 20.2. The quantitative estimate of drug-likeness (QED) is 0.553. The molecule has 6 nitrogen and oxygen atoms in total. The minimum absolute atomic E-state index is 0.0872. The van der Waals surface area contributed by atoms with Crippen LogP contribution in [0.5, 0.6) is 0 Å². The number of fused-ring (bicyclic) bond motifs is 1. The van der Waals surface area contributed by atoms with Crippen molar-refractivity contribution in [1.29, 1.82) is 0 Å². The highest BCUT2D eigenvalue weighted by Gasteiger charge is 2.26. The van der Waals surface area contributed by atoms with E-state index >= 15 is 0 Å². The molecular formula is C21H27N5OS2. The maximum Gasteiger partial charge on any atom is 0.265 e. The van der Waals surface area contributed by atoms with Crippen LogP contribution in [-0.2, 0) is 0 Å². The van der Waals surface area contributed by atoms with Gasteiger partial charge in [0.1, 0.15) is 5.84 Å². The van der Waals surface area contributed by atoms with Gasteiger partial charge in [0.25, 0.3) is 5.91 Å². The van der Waals surface area contributed by atoms with E-state index in [1.165, 1.54) is 24.6 Å². The van der Waals surface area contributed by atoms with Crippen molar-refractivity contribution in [2.24, 2.45) is 10.7 Å². The van der Waals surface area contributed by atoms with E-state index in [0.29, 0.717) is 10.4 Å². The number of hydrogen-bond acceptors (Lipinski definition) is 7. The number of hydrogen-bond donors (Lipinski definition) is 2. The zero-order valence-electron chi connectivity index (χ0n) is 16.5. The third-order valence-electron chi connectivity index (χ3n) is 5.52. The molecule has 0 aliphatic carbocycles. The second-order valence-electron chi connectivity index (χ2n) is 7.62. The van der Waals surface area contributed by atoms with Crippen molar-refractivity contribution in [1.82, 2.24) is 15.3 Å². The number of likely N-dealkylation sites (tertiary alicyclic amines) is 1. The molecule has 0 spiro atoms. The highest BCUT2D eigenvalue weighted by molar-refractivity contribution is 8.05. The molecule has 154 valence electrons. The molecule has 8 heteroatoms. The fourth-order valence-electron chi connectivity index (χ4n) is 3.92. The lowest BCUT2D eigenvalue weighted by Gasteiger charge is -2.29. The molecule has 3 heterocycles. The summed E-state index contributed by atoms with van der Waals surface area (Å²) in [6.45, 7) is 3.71. The predicted molar refractivity (Wildman–Crippen MR) is 123 cm³/mol. The Morgan fingerprint density at radius 3 is 2.48 bits per heavy atom. The number of rotatable bonds is 2. The maximum atomic E-state index is 12.8. The number of nitrogens with zero attached hydrogens (tertiary/aromatic N) is 3. The largest absolute Gasteiger partial charge is 0.404 e. The average Bonchev–Trinajstić information content (AvgIpc) is 2.91. The molecule has 0 bridgehead atoms. The molecule has 0 radical (unpaired) electrons. The van der Waals surface area contributed by atoms with Crippen LogP contribution in [0.3, 0.4) is 0 Å². The van der Waals surface area contributed by atoms with Crippen LogP contribution in [-0.4, -0.2) is 52.7 Å². The van der Waals surface area contributed by atoms with E-state index in [4.69, 9.17) is 22.9 Å². The number of benzene rings is 1. The Hall–Kier alpha value is -1.90. The lowest BCUT2D eigenvalue weighted by molar-refractivity contribution is 0.0750. The number of carbonyl (C=O) groups is 1. The van der Waals surface area contributed by atoms with Gasteiger partial charge < -0.3 is 10.6 Å². The number of nitrogens with one attached hydrogen (secondary N) is 1. The predicted octanol–water partition coefficient (Wildman–Crippen LogP) is 3.61. The second-order valence-corrected chi connectivity index (χ2v) is 9.11. The minimum Gasteiger partial charge on any atom is -0.404 e. The molecule has 2 fully saturated rings. The smallest absolute Gasteiger partial charge is 0.265 e. The summed E-state index contributed by atoms with van der Waals surface area (Å²) in [5.74, 6) is 0.715. The van der Waals surface area contributed by atoms with Crippen molar-refractivity contribution in [3.05, 3.63) is 34.9 Å². The van der Waals surface area contributed by atoms with Crippen molar-refractivity contribution in [2.45, 2.75) is 43.4 Å². The van der Waals surface area contributed by atoms with Gasteiger partial charge in [0.05, 0.1) is 10.6 Å². The summed E-state index contributed by atoms with van der Waals surface area (Å²) < 4.78 is 0. The fourth-order valence-corrected chi connectivity index (χ4v) is 5.12. The molecular weight excluding hydrogens is 402 g/mol. The van der Waals surface area contributed by atoms with Gasteiger partial charge in [0.15, 0.2) is 0 Å². The Morgan fingerprint density at radius 2 is 1.79 bits per heavy atom. The van der Waals surface area contributed by atoms with E-state index in [2.05, 4.69) is 10.3 Å². The monoisotopic (exact) mass is 429 g/mol. The lowest BCUT2D eigenvalue weighted by Crippen LogP contribution is -2.45. The van der Waals surface area contributed by atoms with E-state index in [-0.39, 0.29) is 5.91 Å². The van der Waals surface area contributed by atoms with Gasteiger partial charge >= 0.3 is 0 Å². The van der Waals surface area contributed by atoms with E-state index in [0.717, 1.165) is 73.2 Å². The number of aliphatic imine (C=N–C) groups is 1. The Labute approximate surface area is 181 Å². The summed E-state index contributed by atoms with van der Waals surface area (Å²) in [6, 6.07) is 5.66. The lowest BCUT2D eigenvalue weighted by atomic mass is 10.1. The molecule has 3 aliphatic heterocycles. The fraction of sp³-hybridized carbons (Fsp3) is 0.476. The number of piperidine rings is 2. The van der Waals surface area contributed by atoms with Gasteiger partial charge in [0, 0.05) is 47.7 Å². The summed E-state index contributed by atoms with van der Waals surface area (Å²) in [5, 5.41) is 2.01. The molecule has 0 unspecified atom stereocenters. The molecule has 3 aliphatic rings. The number of thioether (sulfide) groups is 1. The minimum atomic E-state index is -0.0872. The van der Waals surface area contributed by atoms with Crippen LogP contribution in [0.2, 0.25) is 0 Å². The third kappa shape index (κ3) is 4.65. The van der Waals surface area contributed by atoms with Gasteiger partial charge in [-0.15, -0.1) is 0 Å². The van der Waals surface area contributed by atoms with Gasteiger partial charge in [0.2, 0.25) is 0 Å². The highest BCUT2D eigenvalue weighted by atomic mass is 32.2. The first-order chi connectivity index (χ1) is 14.2. The first kappa shape index (κ1) is 20.4. The molecule has 0 atom stereocenters. The van der Waals surface area contributed by atoms with Crippen LogP contribution in [0.4, 0.5) is 5.69 Å². The SMILES string of the molecule is N/C=C1/Sc2ccc(C(=O)NN3CCCCC3)cc2N=C(N2CCCCC2)C1=S. The summed E-state index contributed by atoms with van der Waals surface area (Å²) in [6.07, 6.45) is 8.56. The third-order valence-corrected chi connectivity index (χ3v) is 7.17. The van der Waals surface area contributed by atoms with E-state index in [9.17, 15) is 4.79 Å². The zero-order valence-corrected chi connectivity index (χ0v) is 18.2. The highest BCUT2D eigenvalue weighted by Crippen LogP contribution is 2.39. The normalized spacial score (nSPS) is 22.1. The summed E-state index contributed by atoms with van der Waals surface area (Å²) >= 11 is 7.25. The number of hydrazine groups is 1. The first-order valence-corrected chi connectivity index (χ1v) is 11.6. The van der Waals surface area contributed by atoms with Crippen molar-refractivity contribution in [3.8, 4) is 0 Å². The number of amides is 1. The molecule has 1 amide bonds. The Morgan fingerprint density at radius 1 is 1.10 bits per heavy atom. The molecule has 0 saturated carbocycles. The number of amidine groups is 1. The topological polar surface area (TPSA) is 74.0 Å². The molecule has 0 aromatic heterocycles. The summed E-state index contributed by atoms with van der Waals surface area (Å²) in [7, 11) is 0. The Balaban J connectivity index is 1.63. The summed E-state index contributed by atoms with van der Waals surface area (Å²) in [4.78, 5) is 22.4. The number of nitrogens with two attached hydrogens (primary N) is 1. The van der Waals surface area contributed by atoms with E-state index < -0.39 is 0 Å². The molecule has 2 saturated heterocycles. The van der Waals surface area contributed by atoms with Crippen LogP contribution >= 0.6 is 24.0 Å². The van der Waals surface area contributed by atoms with Gasteiger partial charge in [-0.1, -0.05) is 30.4 Å². The standard InChI is InChI=1S/C21H27N5OS2/c22-14-18-19(28)20(25-9-3-1-4-10-25)23-16-13-15(7-8-17(16)29-18)21(27)24-26-11-5-2-6-12-26/h7-8,13-14H,1-6,9-12,22H2,(H,24,27)/b18-14+. The van der Waals surface area contributed by atoms with Crippen LogP contribution in [0.1, 0.15) is 48.9 Å². The molecule has 1 aromatic rings. The van der Waals surface area contributed by atoms with Gasteiger partial charge in [-0.05, 0) is 50.3 Å². The van der Waals surface area contributed by atoms with Crippen LogP contribution in [0, 0.1) is 0 Å². The van der Waals surface area contributed by atoms with Gasteiger partial charge in [-0.25, -0.2) is 10.0 Å². The maximum absolute atomic E-state index is 12.8. The molecule has 3 N–H and O–H groups in total.